The van der Waals surface area contributed by atoms with Crippen molar-refractivity contribution in [3.63, 3.8) is 0 Å². The van der Waals surface area contributed by atoms with Gasteiger partial charge in [0.2, 0.25) is 0 Å². The lowest BCUT2D eigenvalue weighted by Gasteiger charge is -2.44. The van der Waals surface area contributed by atoms with Gasteiger partial charge in [0.15, 0.2) is 12.1 Å². The topological polar surface area (TPSA) is 129 Å². The molecule has 1 aliphatic carbocycles. The lowest BCUT2D eigenvalue weighted by molar-refractivity contribution is -0.315. The van der Waals surface area contributed by atoms with Crippen LogP contribution >= 0.6 is 0 Å². The van der Waals surface area contributed by atoms with E-state index in [1.54, 1.807) is 0 Å². The number of aliphatic hydroxyl groups is 4. The lowest BCUT2D eigenvalue weighted by Crippen LogP contribution is -2.60. The fourth-order valence-electron chi connectivity index (χ4n) is 4.74. The monoisotopic (exact) mass is 386 g/mol. The molecule has 8 nitrogen and oxygen atoms in total. The first-order chi connectivity index (χ1) is 12.5. The number of ether oxygens (including phenoxy) is 3. The van der Waals surface area contributed by atoms with Crippen molar-refractivity contribution in [1.29, 1.82) is 0 Å². The molecule has 0 bridgehead atoms. The zero-order valence-electron chi connectivity index (χ0n) is 16.2. The molecule has 3 rings (SSSR count). The van der Waals surface area contributed by atoms with Crippen LogP contribution in [0.2, 0.25) is 0 Å². The molecule has 1 saturated carbocycles. The molecule has 2 aliphatic heterocycles. The highest BCUT2D eigenvalue weighted by atomic mass is 16.7. The van der Waals surface area contributed by atoms with E-state index in [-0.39, 0.29) is 17.3 Å². The molecule has 0 amide bonds. The van der Waals surface area contributed by atoms with Gasteiger partial charge in [-0.05, 0) is 32.4 Å². The van der Waals surface area contributed by atoms with Crippen LogP contribution in [0.5, 0.6) is 0 Å². The van der Waals surface area contributed by atoms with Crippen LogP contribution in [0.3, 0.4) is 0 Å². The van der Waals surface area contributed by atoms with Crippen LogP contribution in [0.15, 0.2) is 12.2 Å². The van der Waals surface area contributed by atoms with Crippen molar-refractivity contribution in [3.8, 4) is 0 Å². The van der Waals surface area contributed by atoms with Crippen LogP contribution in [-0.4, -0.2) is 80.8 Å². The van der Waals surface area contributed by atoms with Crippen LogP contribution in [0, 0.1) is 5.41 Å². The largest absolute Gasteiger partial charge is 0.394 e. The van der Waals surface area contributed by atoms with Crippen LogP contribution in [-0.2, 0) is 19.0 Å². The van der Waals surface area contributed by atoms with E-state index >= 15 is 0 Å². The standard InChI is InChI=1S/C19H30O8/c1-10(21)5-6-19-17(2,3)7-11(8-18(19,4)27-19)25-16-15(24)14(23)13(22)12(9-20)26-16/h5-6,11-16,20,22-24H,7-9H2,1-4H3/b6-5+/t11-,12+,13+,14-,15+,16+,18-,19+/m0/s1. The van der Waals surface area contributed by atoms with E-state index < -0.39 is 48.5 Å². The Kier molecular flexibility index (Phi) is 5.31. The Morgan fingerprint density at radius 1 is 1.15 bits per heavy atom. The third-order valence-corrected chi connectivity index (χ3v) is 6.22. The number of carbonyl (C=O) groups excluding carboxylic acids is 1. The first kappa shape index (κ1) is 20.9. The summed E-state index contributed by atoms with van der Waals surface area (Å²) in [5.41, 5.74) is -1.41. The molecule has 0 aromatic rings. The number of fused-ring (bicyclic) bond motifs is 1. The highest BCUT2D eigenvalue weighted by molar-refractivity contribution is 5.87. The fraction of sp³-hybridized carbons (Fsp3) is 0.842. The van der Waals surface area contributed by atoms with Crippen LogP contribution in [0.1, 0.15) is 40.5 Å². The summed E-state index contributed by atoms with van der Waals surface area (Å²) >= 11 is 0. The SMILES string of the molecule is CC(=O)/C=C/[C@]12O[C@@]1(C)C[C@@H](O[C@@H]1O[C@H](CO)[C@@H](O)[C@H](O)[C@H]1O)CC2(C)C. The van der Waals surface area contributed by atoms with Crippen molar-refractivity contribution >= 4 is 5.78 Å². The molecule has 0 radical (unpaired) electrons. The number of epoxide rings is 1. The Balaban J connectivity index is 1.73. The molecule has 0 spiro atoms. The van der Waals surface area contributed by atoms with Gasteiger partial charge in [0.05, 0.1) is 12.7 Å². The van der Waals surface area contributed by atoms with Crippen molar-refractivity contribution in [3.05, 3.63) is 12.2 Å². The summed E-state index contributed by atoms with van der Waals surface area (Å²) < 4.78 is 17.5. The number of ketones is 1. The van der Waals surface area contributed by atoms with Gasteiger partial charge >= 0.3 is 0 Å². The fourth-order valence-corrected chi connectivity index (χ4v) is 4.74. The second-order valence-electron chi connectivity index (χ2n) is 8.76. The molecule has 0 aromatic heterocycles. The predicted octanol–water partition coefficient (Wildman–Crippen LogP) is -0.336. The number of rotatable bonds is 5. The molecule has 3 fully saturated rings. The van der Waals surface area contributed by atoms with E-state index in [1.807, 2.05) is 26.8 Å². The Morgan fingerprint density at radius 3 is 2.37 bits per heavy atom. The van der Waals surface area contributed by atoms with Gasteiger partial charge in [0, 0.05) is 11.8 Å². The maximum atomic E-state index is 11.4. The van der Waals surface area contributed by atoms with Crippen molar-refractivity contribution in [2.75, 3.05) is 6.61 Å². The Hall–Kier alpha value is -0.870. The van der Waals surface area contributed by atoms with E-state index in [1.165, 1.54) is 13.0 Å². The molecular weight excluding hydrogens is 356 g/mol. The molecule has 0 aromatic carbocycles. The van der Waals surface area contributed by atoms with E-state index in [9.17, 15) is 25.2 Å². The summed E-state index contributed by atoms with van der Waals surface area (Å²) in [7, 11) is 0. The second-order valence-corrected chi connectivity index (χ2v) is 8.76. The number of hydrogen-bond acceptors (Lipinski definition) is 8. The molecular formula is C19H30O8. The zero-order chi connectivity index (χ0) is 20.2. The molecule has 2 saturated heterocycles. The molecule has 0 unspecified atom stereocenters. The van der Waals surface area contributed by atoms with Gasteiger partial charge in [-0.1, -0.05) is 13.8 Å². The summed E-state index contributed by atoms with van der Waals surface area (Å²) in [4.78, 5) is 11.4. The molecule has 3 aliphatic rings. The predicted molar refractivity (Wildman–Crippen MR) is 93.7 cm³/mol. The minimum absolute atomic E-state index is 0.0438. The first-order valence-corrected chi connectivity index (χ1v) is 9.32. The summed E-state index contributed by atoms with van der Waals surface area (Å²) in [6.07, 6.45) is -2.34. The molecule has 154 valence electrons. The summed E-state index contributed by atoms with van der Waals surface area (Å²) in [6.45, 7) is 7.02. The van der Waals surface area contributed by atoms with Gasteiger partial charge in [-0.3, -0.25) is 4.79 Å². The number of carbonyl (C=O) groups is 1. The van der Waals surface area contributed by atoms with E-state index in [0.717, 1.165) is 0 Å². The quantitative estimate of drug-likeness (QED) is 0.373. The van der Waals surface area contributed by atoms with Crippen molar-refractivity contribution in [2.24, 2.45) is 5.41 Å². The number of hydrogen-bond donors (Lipinski definition) is 4. The molecule has 27 heavy (non-hydrogen) atoms. The first-order valence-electron chi connectivity index (χ1n) is 9.32. The van der Waals surface area contributed by atoms with E-state index in [2.05, 4.69) is 0 Å². The molecule has 8 heteroatoms. The highest BCUT2D eigenvalue weighted by Gasteiger charge is 2.75. The van der Waals surface area contributed by atoms with Crippen molar-refractivity contribution < 1.29 is 39.4 Å². The molecule has 2 heterocycles. The Labute approximate surface area is 158 Å². The summed E-state index contributed by atoms with van der Waals surface area (Å²) in [5.74, 6) is -0.0438. The minimum atomic E-state index is -1.47. The maximum Gasteiger partial charge on any atom is 0.186 e. The molecule has 4 N–H and O–H groups in total. The summed E-state index contributed by atoms with van der Waals surface area (Å²) in [5, 5.41) is 39.3. The van der Waals surface area contributed by atoms with Gasteiger partial charge < -0.3 is 34.6 Å². The van der Waals surface area contributed by atoms with Gasteiger partial charge in [0.1, 0.15) is 35.6 Å². The Bertz CT molecular complexity index is 617. The van der Waals surface area contributed by atoms with Gasteiger partial charge in [0.25, 0.3) is 0 Å². The number of allylic oxidation sites excluding steroid dienone is 1. The second kappa shape index (κ2) is 6.88. The zero-order valence-corrected chi connectivity index (χ0v) is 16.2. The van der Waals surface area contributed by atoms with Gasteiger partial charge in [-0.2, -0.15) is 0 Å². The average molecular weight is 386 g/mol. The van der Waals surface area contributed by atoms with Crippen molar-refractivity contribution in [2.45, 2.75) is 88.5 Å². The smallest absolute Gasteiger partial charge is 0.186 e. The Morgan fingerprint density at radius 2 is 1.81 bits per heavy atom. The number of aliphatic hydroxyl groups excluding tert-OH is 4. The van der Waals surface area contributed by atoms with Gasteiger partial charge in [-0.25, -0.2) is 0 Å². The normalized spacial score (nSPS) is 49.0. The summed E-state index contributed by atoms with van der Waals surface area (Å²) in [6, 6.07) is 0. The third-order valence-electron chi connectivity index (χ3n) is 6.22. The molecule has 8 atom stereocenters. The van der Waals surface area contributed by atoms with E-state index in [4.69, 9.17) is 14.2 Å². The van der Waals surface area contributed by atoms with E-state index in [0.29, 0.717) is 12.8 Å². The lowest BCUT2D eigenvalue weighted by atomic mass is 9.63. The highest BCUT2D eigenvalue weighted by Crippen LogP contribution is 2.66. The minimum Gasteiger partial charge on any atom is -0.394 e. The average Bonchev–Trinajstić information content (AvgIpc) is 3.20. The van der Waals surface area contributed by atoms with Crippen LogP contribution in [0.25, 0.3) is 0 Å². The van der Waals surface area contributed by atoms with Crippen molar-refractivity contribution in [1.82, 2.24) is 0 Å². The maximum absolute atomic E-state index is 11.4. The van der Waals surface area contributed by atoms with Crippen LogP contribution in [0.4, 0.5) is 0 Å². The van der Waals surface area contributed by atoms with Crippen LogP contribution < -0.4 is 0 Å². The van der Waals surface area contributed by atoms with Gasteiger partial charge in [-0.15, -0.1) is 0 Å². The third kappa shape index (κ3) is 3.37.